The minimum absolute atomic E-state index is 0.0353. The molecule has 1 N–H and O–H groups in total. The van der Waals surface area contributed by atoms with Gasteiger partial charge in [-0.2, -0.15) is 0 Å². The van der Waals surface area contributed by atoms with Gasteiger partial charge in [0.05, 0.1) is 11.0 Å². The second kappa shape index (κ2) is 5.82. The smallest absolute Gasteiger partial charge is 0.407 e. The second-order valence-electron chi connectivity index (χ2n) is 6.80. The Labute approximate surface area is 129 Å². The first-order valence-electron chi connectivity index (χ1n) is 7.16. The van der Waals surface area contributed by atoms with Crippen LogP contribution in [0.2, 0.25) is 0 Å². The zero-order valence-electron chi connectivity index (χ0n) is 13.0. The predicted molar refractivity (Wildman–Crippen MR) is 83.3 cm³/mol. The van der Waals surface area contributed by atoms with E-state index in [1.165, 1.54) is 17.0 Å². The molecule has 1 saturated heterocycles. The van der Waals surface area contributed by atoms with Crippen molar-refractivity contribution in [1.82, 2.24) is 4.90 Å². The van der Waals surface area contributed by atoms with E-state index < -0.39 is 11.0 Å². The van der Waals surface area contributed by atoms with Gasteiger partial charge in [0.15, 0.2) is 0 Å². The summed E-state index contributed by atoms with van der Waals surface area (Å²) in [4.78, 5) is 25.1. The Kier molecular flexibility index (Phi) is 4.25. The molecular formula is C15H21N3O4. The summed E-state index contributed by atoms with van der Waals surface area (Å²) < 4.78 is 0. The van der Waals surface area contributed by atoms with Crippen LogP contribution < -0.4 is 4.90 Å². The van der Waals surface area contributed by atoms with Crippen molar-refractivity contribution in [2.24, 2.45) is 5.41 Å². The third kappa shape index (κ3) is 3.66. The number of hydrogen-bond acceptors (Lipinski definition) is 4. The highest BCUT2D eigenvalue weighted by molar-refractivity contribution is 5.66. The van der Waals surface area contributed by atoms with Crippen LogP contribution in [-0.2, 0) is 0 Å². The van der Waals surface area contributed by atoms with Gasteiger partial charge in [0.2, 0.25) is 0 Å². The van der Waals surface area contributed by atoms with Crippen molar-refractivity contribution in [3.63, 3.8) is 0 Å². The Bertz CT molecular complexity index is 559. The quantitative estimate of drug-likeness (QED) is 0.682. The van der Waals surface area contributed by atoms with Gasteiger partial charge in [-0.15, -0.1) is 0 Å². The van der Waals surface area contributed by atoms with E-state index in [0.717, 1.165) is 5.69 Å². The number of rotatable bonds is 4. The van der Waals surface area contributed by atoms with Crippen molar-refractivity contribution in [1.29, 1.82) is 0 Å². The number of hydrogen-bond donors (Lipinski definition) is 1. The van der Waals surface area contributed by atoms with Gasteiger partial charge in [-0.25, -0.2) is 4.79 Å². The van der Waals surface area contributed by atoms with E-state index in [2.05, 4.69) is 0 Å². The van der Waals surface area contributed by atoms with Crippen LogP contribution >= 0.6 is 0 Å². The molecule has 1 aromatic rings. The van der Waals surface area contributed by atoms with Crippen LogP contribution in [0.3, 0.4) is 0 Å². The molecule has 7 heteroatoms. The average molecular weight is 307 g/mol. The van der Waals surface area contributed by atoms with Gasteiger partial charge in [-0.3, -0.25) is 10.1 Å². The first-order valence-corrected chi connectivity index (χ1v) is 7.16. The van der Waals surface area contributed by atoms with Crippen LogP contribution in [0, 0.1) is 15.5 Å². The first kappa shape index (κ1) is 16.1. The van der Waals surface area contributed by atoms with Crippen LogP contribution in [0.5, 0.6) is 0 Å². The molecule has 7 nitrogen and oxygen atoms in total. The molecule has 0 aromatic heterocycles. The molecule has 1 aliphatic heterocycles. The SMILES string of the molecule is CC(C)(C)CN(C(=O)O)C1CN(c2ccc([N+](=O)[O-])cc2)C1. The monoisotopic (exact) mass is 307 g/mol. The lowest BCUT2D eigenvalue weighted by molar-refractivity contribution is -0.384. The number of carbonyl (C=O) groups is 1. The summed E-state index contributed by atoms with van der Waals surface area (Å²) in [6, 6.07) is 6.29. The van der Waals surface area contributed by atoms with Gasteiger partial charge >= 0.3 is 6.09 Å². The molecule has 2 rings (SSSR count). The first-order chi connectivity index (χ1) is 10.2. The highest BCUT2D eigenvalue weighted by Crippen LogP contribution is 2.27. The lowest BCUT2D eigenvalue weighted by Gasteiger charge is -2.47. The summed E-state index contributed by atoms with van der Waals surface area (Å²) in [5.74, 6) is 0. The number of nitrogens with zero attached hydrogens (tertiary/aromatic N) is 3. The van der Waals surface area contributed by atoms with Crippen LogP contribution in [-0.4, -0.2) is 46.7 Å². The van der Waals surface area contributed by atoms with Crippen molar-refractivity contribution < 1.29 is 14.8 Å². The normalized spacial score (nSPS) is 15.3. The Hall–Kier alpha value is -2.31. The van der Waals surface area contributed by atoms with Crippen molar-refractivity contribution in [2.45, 2.75) is 26.8 Å². The summed E-state index contributed by atoms with van der Waals surface area (Å²) in [6.07, 6.45) is -0.900. The van der Waals surface area contributed by atoms with Gasteiger partial charge in [0.25, 0.3) is 5.69 Å². The molecule has 1 amide bonds. The molecule has 0 radical (unpaired) electrons. The standard InChI is InChI=1S/C15H21N3O4/c1-15(2,3)10-17(14(19)20)13-8-16(9-13)11-4-6-12(7-5-11)18(21)22/h4-7,13H,8-10H2,1-3H3,(H,19,20). The van der Waals surface area contributed by atoms with Gasteiger partial charge in [0.1, 0.15) is 0 Å². The molecule has 1 fully saturated rings. The maximum atomic E-state index is 11.4. The van der Waals surface area contributed by atoms with Gasteiger partial charge in [-0.05, 0) is 17.5 Å². The van der Waals surface area contributed by atoms with Crippen molar-refractivity contribution in [3.8, 4) is 0 Å². The number of nitro benzene ring substituents is 1. The van der Waals surface area contributed by atoms with E-state index in [4.69, 9.17) is 0 Å². The largest absolute Gasteiger partial charge is 0.465 e. The summed E-state index contributed by atoms with van der Waals surface area (Å²) in [5.41, 5.74) is 0.843. The Morgan fingerprint density at radius 1 is 1.36 bits per heavy atom. The molecular weight excluding hydrogens is 286 g/mol. The molecule has 0 aliphatic carbocycles. The molecule has 1 aromatic carbocycles. The molecule has 1 aliphatic rings. The zero-order chi connectivity index (χ0) is 16.5. The molecule has 0 atom stereocenters. The van der Waals surface area contributed by atoms with Crippen LogP contribution in [0.25, 0.3) is 0 Å². The van der Waals surface area contributed by atoms with E-state index in [1.807, 2.05) is 25.7 Å². The fourth-order valence-electron chi connectivity index (χ4n) is 2.51. The summed E-state index contributed by atoms with van der Waals surface area (Å²) in [7, 11) is 0. The second-order valence-corrected chi connectivity index (χ2v) is 6.80. The van der Waals surface area contributed by atoms with Gasteiger partial charge in [-0.1, -0.05) is 20.8 Å². The number of nitro groups is 1. The van der Waals surface area contributed by atoms with Crippen molar-refractivity contribution >= 4 is 17.5 Å². The summed E-state index contributed by atoms with van der Waals surface area (Å²) in [5, 5.41) is 20.0. The molecule has 120 valence electrons. The Morgan fingerprint density at radius 3 is 2.32 bits per heavy atom. The minimum Gasteiger partial charge on any atom is -0.465 e. The minimum atomic E-state index is -0.900. The van der Waals surface area contributed by atoms with Gasteiger partial charge < -0.3 is 14.9 Å². The van der Waals surface area contributed by atoms with Crippen molar-refractivity contribution in [3.05, 3.63) is 34.4 Å². The number of amides is 1. The summed E-state index contributed by atoms with van der Waals surface area (Å²) >= 11 is 0. The topological polar surface area (TPSA) is 86.9 Å². The molecule has 0 bridgehead atoms. The van der Waals surface area contributed by atoms with E-state index in [-0.39, 0.29) is 17.1 Å². The Morgan fingerprint density at radius 2 is 1.91 bits per heavy atom. The molecule has 1 heterocycles. The zero-order valence-corrected chi connectivity index (χ0v) is 13.0. The van der Waals surface area contributed by atoms with Crippen LogP contribution in [0.1, 0.15) is 20.8 Å². The van der Waals surface area contributed by atoms with E-state index >= 15 is 0 Å². The lowest BCUT2D eigenvalue weighted by atomic mass is 9.94. The van der Waals surface area contributed by atoms with E-state index in [9.17, 15) is 20.0 Å². The number of benzene rings is 1. The molecule has 0 unspecified atom stereocenters. The third-order valence-electron chi connectivity index (χ3n) is 3.62. The van der Waals surface area contributed by atoms with Gasteiger partial charge in [0, 0.05) is 37.5 Å². The molecule has 0 saturated carbocycles. The fraction of sp³-hybridized carbons (Fsp3) is 0.533. The number of anilines is 1. The lowest BCUT2D eigenvalue weighted by Crippen LogP contribution is -2.62. The highest BCUT2D eigenvalue weighted by atomic mass is 16.6. The molecule has 0 spiro atoms. The maximum Gasteiger partial charge on any atom is 0.407 e. The maximum absolute atomic E-state index is 11.4. The Balaban J connectivity index is 1.98. The van der Waals surface area contributed by atoms with E-state index in [1.54, 1.807) is 12.1 Å². The fourth-order valence-corrected chi connectivity index (χ4v) is 2.51. The average Bonchev–Trinajstić information content (AvgIpc) is 2.34. The van der Waals surface area contributed by atoms with Crippen molar-refractivity contribution in [2.75, 3.05) is 24.5 Å². The third-order valence-corrected chi connectivity index (χ3v) is 3.62. The van der Waals surface area contributed by atoms with E-state index in [0.29, 0.717) is 19.6 Å². The number of carboxylic acid groups (broad SMARTS) is 1. The summed E-state index contributed by atoms with van der Waals surface area (Å²) in [6.45, 7) is 7.74. The highest BCUT2D eigenvalue weighted by Gasteiger charge is 2.36. The predicted octanol–water partition coefficient (Wildman–Crippen LogP) is 2.81. The van der Waals surface area contributed by atoms with Crippen LogP contribution in [0.15, 0.2) is 24.3 Å². The molecule has 22 heavy (non-hydrogen) atoms. The van der Waals surface area contributed by atoms with Crippen LogP contribution in [0.4, 0.5) is 16.2 Å². The number of non-ortho nitro benzene ring substituents is 1.